The van der Waals surface area contributed by atoms with Crippen molar-refractivity contribution in [3.63, 3.8) is 0 Å². The first-order valence-electron chi connectivity index (χ1n) is 5.97. The molecule has 1 unspecified atom stereocenters. The lowest BCUT2D eigenvalue weighted by molar-refractivity contribution is 0.626. The fourth-order valence-electron chi connectivity index (χ4n) is 1.79. The molecule has 1 atom stereocenters. The average molecular weight is 261 g/mol. The highest BCUT2D eigenvalue weighted by Gasteiger charge is 2.05. The summed E-state index contributed by atoms with van der Waals surface area (Å²) in [5.41, 5.74) is 3.53. The molecule has 2 rings (SSSR count). The van der Waals surface area contributed by atoms with Crippen LogP contribution < -0.4 is 16.6 Å². The molecule has 0 saturated heterocycles. The molecule has 0 bridgehead atoms. The second-order valence-electron chi connectivity index (χ2n) is 4.31. The standard InChI is InChI=1S/C13H16FN5/c1-9(6-10-2-4-11(14)5-3-10)18-12-7-13(19-15)17-8-16-12/h2-5,7-9H,6,15H2,1H3,(H2,16,17,18,19). The summed E-state index contributed by atoms with van der Waals surface area (Å²) in [6.45, 7) is 2.03. The van der Waals surface area contributed by atoms with E-state index in [1.807, 2.05) is 6.92 Å². The molecule has 0 aliphatic carbocycles. The number of nitrogen functional groups attached to an aromatic ring is 1. The summed E-state index contributed by atoms with van der Waals surface area (Å²) in [6.07, 6.45) is 2.21. The van der Waals surface area contributed by atoms with Gasteiger partial charge in [-0.3, -0.25) is 0 Å². The van der Waals surface area contributed by atoms with Gasteiger partial charge in [-0.15, -0.1) is 0 Å². The molecule has 6 heteroatoms. The summed E-state index contributed by atoms with van der Waals surface area (Å²) in [4.78, 5) is 8.04. The van der Waals surface area contributed by atoms with Crippen LogP contribution in [0.5, 0.6) is 0 Å². The van der Waals surface area contributed by atoms with Gasteiger partial charge in [0.1, 0.15) is 23.8 Å². The first-order valence-corrected chi connectivity index (χ1v) is 5.97. The molecule has 0 aliphatic rings. The first-order chi connectivity index (χ1) is 9.17. The maximum absolute atomic E-state index is 12.8. The average Bonchev–Trinajstić information content (AvgIpc) is 2.41. The monoisotopic (exact) mass is 261 g/mol. The predicted octanol–water partition coefficient (Wildman–Crippen LogP) is 1.94. The minimum atomic E-state index is -0.223. The molecule has 1 aromatic heterocycles. The van der Waals surface area contributed by atoms with Gasteiger partial charge >= 0.3 is 0 Å². The SMILES string of the molecule is CC(Cc1ccc(F)cc1)Nc1cc(NN)ncn1. The van der Waals surface area contributed by atoms with Gasteiger partial charge in [0.05, 0.1) is 0 Å². The first kappa shape index (κ1) is 13.2. The Morgan fingerprint density at radius 2 is 1.89 bits per heavy atom. The Balaban J connectivity index is 1.96. The maximum Gasteiger partial charge on any atom is 0.145 e. The number of anilines is 2. The lowest BCUT2D eigenvalue weighted by Gasteiger charge is -2.14. The van der Waals surface area contributed by atoms with Crippen molar-refractivity contribution in [1.29, 1.82) is 0 Å². The van der Waals surface area contributed by atoms with Gasteiger partial charge < -0.3 is 10.7 Å². The number of aromatic nitrogens is 2. The zero-order chi connectivity index (χ0) is 13.7. The zero-order valence-electron chi connectivity index (χ0n) is 10.6. The van der Waals surface area contributed by atoms with E-state index in [0.717, 1.165) is 12.0 Å². The number of halogens is 1. The number of nitrogens with zero attached hydrogens (tertiary/aromatic N) is 2. The van der Waals surface area contributed by atoms with Gasteiger partial charge in [0.25, 0.3) is 0 Å². The third-order valence-electron chi connectivity index (χ3n) is 2.66. The van der Waals surface area contributed by atoms with Crippen LogP contribution in [-0.2, 0) is 6.42 Å². The Hall–Kier alpha value is -2.21. The van der Waals surface area contributed by atoms with Crippen LogP contribution in [0.25, 0.3) is 0 Å². The molecular weight excluding hydrogens is 245 g/mol. The summed E-state index contributed by atoms with van der Waals surface area (Å²) < 4.78 is 12.8. The maximum atomic E-state index is 12.8. The van der Waals surface area contributed by atoms with Crippen LogP contribution in [0, 0.1) is 5.82 Å². The third kappa shape index (κ3) is 3.89. The van der Waals surface area contributed by atoms with E-state index in [2.05, 4.69) is 20.7 Å². The Kier molecular flexibility index (Phi) is 4.25. The highest BCUT2D eigenvalue weighted by atomic mass is 19.1. The number of rotatable bonds is 5. The van der Waals surface area contributed by atoms with Crippen LogP contribution in [0.1, 0.15) is 12.5 Å². The normalized spacial score (nSPS) is 11.9. The van der Waals surface area contributed by atoms with Crippen LogP contribution in [0.3, 0.4) is 0 Å². The molecule has 0 fully saturated rings. The molecular formula is C13H16FN5. The molecule has 2 aromatic rings. The highest BCUT2D eigenvalue weighted by Crippen LogP contribution is 2.11. The van der Waals surface area contributed by atoms with Crippen molar-refractivity contribution in [2.24, 2.45) is 5.84 Å². The van der Waals surface area contributed by atoms with E-state index in [4.69, 9.17) is 5.84 Å². The smallest absolute Gasteiger partial charge is 0.145 e. The minimum Gasteiger partial charge on any atom is -0.367 e. The highest BCUT2D eigenvalue weighted by molar-refractivity contribution is 5.46. The van der Waals surface area contributed by atoms with Crippen molar-refractivity contribution in [2.75, 3.05) is 10.7 Å². The van der Waals surface area contributed by atoms with E-state index < -0.39 is 0 Å². The van der Waals surface area contributed by atoms with Crippen molar-refractivity contribution in [1.82, 2.24) is 9.97 Å². The van der Waals surface area contributed by atoms with Gasteiger partial charge in [-0.05, 0) is 31.0 Å². The van der Waals surface area contributed by atoms with Crippen LogP contribution >= 0.6 is 0 Å². The second-order valence-corrected chi connectivity index (χ2v) is 4.31. The molecule has 4 N–H and O–H groups in total. The number of benzene rings is 1. The molecule has 0 saturated carbocycles. The molecule has 0 radical (unpaired) electrons. The molecule has 5 nitrogen and oxygen atoms in total. The second kappa shape index (κ2) is 6.10. The molecule has 0 aliphatic heterocycles. The fraction of sp³-hybridized carbons (Fsp3) is 0.231. The number of nitrogens with two attached hydrogens (primary N) is 1. The number of nitrogens with one attached hydrogen (secondary N) is 2. The van der Waals surface area contributed by atoms with Crippen molar-refractivity contribution in [2.45, 2.75) is 19.4 Å². The minimum absolute atomic E-state index is 0.158. The molecule has 0 amide bonds. The van der Waals surface area contributed by atoms with E-state index in [1.54, 1.807) is 18.2 Å². The Labute approximate surface area is 111 Å². The van der Waals surface area contributed by atoms with Crippen molar-refractivity contribution in [3.8, 4) is 0 Å². The Morgan fingerprint density at radius 1 is 1.21 bits per heavy atom. The lowest BCUT2D eigenvalue weighted by atomic mass is 10.1. The van der Waals surface area contributed by atoms with Gasteiger partial charge in [0.15, 0.2) is 0 Å². The summed E-state index contributed by atoms with van der Waals surface area (Å²) >= 11 is 0. The van der Waals surface area contributed by atoms with E-state index in [0.29, 0.717) is 11.6 Å². The largest absolute Gasteiger partial charge is 0.367 e. The van der Waals surface area contributed by atoms with Crippen LogP contribution in [0.4, 0.5) is 16.0 Å². The fourth-order valence-corrected chi connectivity index (χ4v) is 1.79. The quantitative estimate of drug-likeness (QED) is 0.566. The summed E-state index contributed by atoms with van der Waals surface area (Å²) in [5, 5.41) is 3.24. The summed E-state index contributed by atoms with van der Waals surface area (Å²) in [7, 11) is 0. The summed E-state index contributed by atoms with van der Waals surface area (Å²) in [5.74, 6) is 6.30. The predicted molar refractivity (Wildman–Crippen MR) is 73.0 cm³/mol. The van der Waals surface area contributed by atoms with Gasteiger partial charge in [-0.25, -0.2) is 20.2 Å². The van der Waals surface area contributed by atoms with Gasteiger partial charge in [-0.1, -0.05) is 12.1 Å². The van der Waals surface area contributed by atoms with Gasteiger partial charge in [-0.2, -0.15) is 0 Å². The number of hydrogen-bond donors (Lipinski definition) is 3. The van der Waals surface area contributed by atoms with E-state index >= 15 is 0 Å². The van der Waals surface area contributed by atoms with Crippen LogP contribution in [0.2, 0.25) is 0 Å². The van der Waals surface area contributed by atoms with E-state index in [9.17, 15) is 4.39 Å². The van der Waals surface area contributed by atoms with Crippen molar-refractivity contribution >= 4 is 11.6 Å². The topological polar surface area (TPSA) is 75.9 Å². The Bertz CT molecular complexity index is 529. The number of hydrogen-bond acceptors (Lipinski definition) is 5. The van der Waals surface area contributed by atoms with Crippen molar-refractivity contribution < 1.29 is 4.39 Å². The van der Waals surface area contributed by atoms with Gasteiger partial charge in [0.2, 0.25) is 0 Å². The molecule has 0 spiro atoms. The van der Waals surface area contributed by atoms with E-state index in [1.165, 1.54) is 18.5 Å². The lowest BCUT2D eigenvalue weighted by Crippen LogP contribution is -2.19. The molecule has 1 heterocycles. The number of hydrazine groups is 1. The van der Waals surface area contributed by atoms with Crippen LogP contribution in [0.15, 0.2) is 36.7 Å². The van der Waals surface area contributed by atoms with Gasteiger partial charge in [0, 0.05) is 12.1 Å². The molecule has 1 aromatic carbocycles. The molecule has 100 valence electrons. The Morgan fingerprint density at radius 3 is 2.58 bits per heavy atom. The van der Waals surface area contributed by atoms with Crippen molar-refractivity contribution in [3.05, 3.63) is 48.0 Å². The third-order valence-corrected chi connectivity index (χ3v) is 2.66. The zero-order valence-corrected chi connectivity index (χ0v) is 10.6. The van der Waals surface area contributed by atoms with Crippen LogP contribution in [-0.4, -0.2) is 16.0 Å². The molecule has 19 heavy (non-hydrogen) atoms. The summed E-state index contributed by atoms with van der Waals surface area (Å²) in [6, 6.07) is 8.36. The van der Waals surface area contributed by atoms with E-state index in [-0.39, 0.29) is 11.9 Å².